The van der Waals surface area contributed by atoms with E-state index in [9.17, 15) is 43.8 Å². The van der Waals surface area contributed by atoms with E-state index in [-0.39, 0.29) is 57.6 Å². The molecule has 72 heavy (non-hydrogen) atoms. The molecule has 4 bridgehead atoms. The van der Waals surface area contributed by atoms with Gasteiger partial charge in [-0.25, -0.2) is 19.2 Å². The van der Waals surface area contributed by atoms with E-state index in [0.29, 0.717) is 35.1 Å². The number of nitrogens with one attached hydrogen (secondary N) is 8. The Morgan fingerprint density at radius 3 is 1.81 bits per heavy atom. The van der Waals surface area contributed by atoms with Gasteiger partial charge in [0.15, 0.2) is 0 Å². The van der Waals surface area contributed by atoms with Gasteiger partial charge >= 0.3 is 24.4 Å². The van der Waals surface area contributed by atoms with E-state index in [1.54, 1.807) is 107 Å². The van der Waals surface area contributed by atoms with Crippen LogP contribution < -0.4 is 42.5 Å². The first-order chi connectivity index (χ1) is 33.4. The third kappa shape index (κ3) is 23.7. The van der Waals surface area contributed by atoms with Gasteiger partial charge in [0.05, 0.1) is 12.6 Å². The molecular weight excluding hydrogens is 933 g/mol. The molecule has 0 spiro atoms. The van der Waals surface area contributed by atoms with Gasteiger partial charge in [-0.05, 0) is 143 Å². The van der Waals surface area contributed by atoms with Crippen molar-refractivity contribution in [3.63, 3.8) is 0 Å². The average Bonchev–Trinajstić information content (AvgIpc) is 3.23. The van der Waals surface area contributed by atoms with Crippen molar-refractivity contribution in [2.45, 2.75) is 174 Å². The first-order valence-corrected chi connectivity index (χ1v) is 24.4. The molecule has 1 aliphatic heterocycles. The van der Waals surface area contributed by atoms with Crippen LogP contribution in [0.2, 0.25) is 0 Å². The van der Waals surface area contributed by atoms with Crippen molar-refractivity contribution < 1.29 is 62.7 Å². The number of carbonyl (C=O) groups is 7. The van der Waals surface area contributed by atoms with E-state index in [0.717, 1.165) is 0 Å². The smallest absolute Gasteiger partial charge is 0.408 e. The highest BCUT2D eigenvalue weighted by atomic mass is 16.6. The summed E-state index contributed by atoms with van der Waals surface area (Å²) in [7, 11) is 0. The molecule has 0 unspecified atom stereocenters. The van der Waals surface area contributed by atoms with Crippen molar-refractivity contribution in [1.29, 1.82) is 0 Å². The number of hydrogen-bond donors (Lipinski definition) is 10. The fourth-order valence-electron chi connectivity index (χ4n) is 7.20. The highest BCUT2D eigenvalue weighted by molar-refractivity contribution is 5.94. The van der Waals surface area contributed by atoms with Gasteiger partial charge in [-0.1, -0.05) is 30.3 Å². The maximum atomic E-state index is 14.5. The summed E-state index contributed by atoms with van der Waals surface area (Å²) < 4.78 is 21.6. The van der Waals surface area contributed by atoms with Crippen molar-refractivity contribution in [3.05, 3.63) is 53.6 Å². The number of phenolic OH excluding ortho intramolecular Hbond substituents is 1. The Kier molecular flexibility index (Phi) is 22.4. The minimum Gasteiger partial charge on any atom is -0.508 e. The number of benzene rings is 2. The topological polar surface area (TPSA) is 293 Å². The van der Waals surface area contributed by atoms with Gasteiger partial charge in [-0.2, -0.15) is 0 Å². The number of amides is 7. The number of aliphatic hydroxyl groups is 1. The lowest BCUT2D eigenvalue weighted by atomic mass is 9.95. The summed E-state index contributed by atoms with van der Waals surface area (Å²) in [6.45, 7) is 20.6. The molecule has 5 atom stereocenters. The van der Waals surface area contributed by atoms with Gasteiger partial charge in [-0.15, -0.1) is 0 Å². The molecule has 21 heteroatoms. The van der Waals surface area contributed by atoms with Crippen LogP contribution in [0.5, 0.6) is 5.75 Å². The monoisotopic (exact) mass is 1010 g/mol. The molecule has 2 aromatic rings. The summed E-state index contributed by atoms with van der Waals surface area (Å²) in [4.78, 5) is 93.7. The number of ether oxygens (including phenoxy) is 4. The van der Waals surface area contributed by atoms with E-state index in [4.69, 9.17) is 18.9 Å². The second-order valence-corrected chi connectivity index (χ2v) is 21.8. The van der Waals surface area contributed by atoms with Crippen LogP contribution in [0.3, 0.4) is 0 Å². The molecule has 0 fully saturated rings. The Morgan fingerprint density at radius 1 is 0.653 bits per heavy atom. The number of fused-ring (bicyclic) bond motifs is 5. The van der Waals surface area contributed by atoms with Crippen LogP contribution in [0.4, 0.5) is 19.2 Å². The molecule has 0 saturated heterocycles. The standard InChI is InChI=1S/C51H80N8O13/c1-48(2,3)69-44(65)53-22-14-18-35(56-46(67)71-50(7,8)9)28-52-29-36(30-60)55-42(63)38-25-31-16-13-17-32(24-31)33-20-21-40(61)34(26-33)27-39(59-47(68)72-51(10,11)12)43(64)57-37(41(62)58-38)19-15-23-54-45(66)70-49(4,5)6/h13,16-17,20-21,24,26,35-39,52,60-61H,14-15,18-19,22-23,25,27-30H2,1-12H3,(H,53,65)(H,54,66)(H,55,63)(H,56,67)(H,57,64)(H,58,62)(H,59,68)/t35-,36+,37-,38-,39-/m0/s1. The third-order valence-electron chi connectivity index (χ3n) is 10.3. The van der Waals surface area contributed by atoms with Gasteiger partial charge in [0.25, 0.3) is 0 Å². The quantitative estimate of drug-likeness (QED) is 0.0767. The maximum Gasteiger partial charge on any atom is 0.408 e. The van der Waals surface area contributed by atoms with Gasteiger partial charge in [0.1, 0.15) is 46.3 Å². The molecule has 2 aromatic carbocycles. The Hall–Kier alpha value is -6.35. The van der Waals surface area contributed by atoms with Crippen LogP contribution in [0.1, 0.15) is 120 Å². The molecule has 0 radical (unpaired) electrons. The van der Waals surface area contributed by atoms with Crippen LogP contribution in [0.25, 0.3) is 11.1 Å². The van der Waals surface area contributed by atoms with E-state index >= 15 is 0 Å². The maximum absolute atomic E-state index is 14.5. The summed E-state index contributed by atoms with van der Waals surface area (Å²) in [6.07, 6.45) is -2.09. The number of alkyl carbamates (subject to hydrolysis) is 4. The number of phenols is 1. The number of carbonyl (C=O) groups excluding carboxylic acids is 7. The van der Waals surface area contributed by atoms with Crippen molar-refractivity contribution in [3.8, 4) is 16.9 Å². The molecule has 0 aliphatic carbocycles. The Balaban J connectivity index is 1.93. The van der Waals surface area contributed by atoms with E-state index < -0.39 is 101 Å². The second-order valence-electron chi connectivity index (χ2n) is 21.8. The normalized spacial score (nSPS) is 17.5. The minimum atomic E-state index is -1.36. The molecular formula is C51H80N8O13. The molecule has 3 rings (SSSR count). The van der Waals surface area contributed by atoms with Gasteiger partial charge in [-0.3, -0.25) is 14.4 Å². The zero-order valence-corrected chi connectivity index (χ0v) is 44.1. The van der Waals surface area contributed by atoms with Crippen LogP contribution in [0, 0.1) is 0 Å². The van der Waals surface area contributed by atoms with E-state index in [2.05, 4.69) is 42.5 Å². The second kappa shape index (κ2) is 26.9. The van der Waals surface area contributed by atoms with Crippen molar-refractivity contribution in [2.24, 2.45) is 0 Å². The Morgan fingerprint density at radius 2 is 1.21 bits per heavy atom. The number of rotatable bonds is 17. The lowest BCUT2D eigenvalue weighted by Gasteiger charge is -2.28. The first kappa shape index (κ1) is 60.0. The molecule has 0 aromatic heterocycles. The lowest BCUT2D eigenvalue weighted by Crippen LogP contribution is -2.59. The van der Waals surface area contributed by atoms with Gasteiger partial charge < -0.3 is 71.7 Å². The molecule has 0 saturated carbocycles. The Bertz CT molecular complexity index is 2160. The minimum absolute atomic E-state index is 0.0274. The fraction of sp³-hybridized carbons (Fsp3) is 0.627. The summed E-state index contributed by atoms with van der Waals surface area (Å²) in [5.41, 5.74) is -0.837. The van der Waals surface area contributed by atoms with Crippen LogP contribution >= 0.6 is 0 Å². The lowest BCUT2D eigenvalue weighted by molar-refractivity contribution is -0.133. The molecule has 10 N–H and O–H groups in total. The SMILES string of the molecule is CC(C)(C)OC(=O)NCCC[C@@H](CNC[C@H](CO)NC(=O)[C@@H]1Cc2cccc(c2)-c2ccc(O)c(c2)C[C@H](NC(=O)OC(C)(C)C)C(=O)N[C@@H](CCCNC(=O)OC(C)(C)C)C(=O)N1)NC(=O)OC(C)(C)C. The van der Waals surface area contributed by atoms with Crippen molar-refractivity contribution in [2.75, 3.05) is 32.8 Å². The zero-order valence-electron chi connectivity index (χ0n) is 44.1. The summed E-state index contributed by atoms with van der Waals surface area (Å²) >= 11 is 0. The first-order valence-electron chi connectivity index (χ1n) is 24.4. The number of aromatic hydroxyl groups is 1. The van der Waals surface area contributed by atoms with Gasteiger partial charge in [0.2, 0.25) is 17.7 Å². The zero-order chi connectivity index (χ0) is 54.0. The van der Waals surface area contributed by atoms with Crippen molar-refractivity contribution in [1.82, 2.24) is 42.5 Å². The summed E-state index contributed by atoms with van der Waals surface area (Å²) in [5, 5.41) is 43.9. The highest BCUT2D eigenvalue weighted by Gasteiger charge is 2.33. The largest absolute Gasteiger partial charge is 0.508 e. The van der Waals surface area contributed by atoms with Crippen LogP contribution in [-0.4, -0.2) is 138 Å². The summed E-state index contributed by atoms with van der Waals surface area (Å²) in [5.74, 6) is -2.36. The van der Waals surface area contributed by atoms with Gasteiger partial charge in [0, 0.05) is 45.1 Å². The third-order valence-corrected chi connectivity index (χ3v) is 10.3. The van der Waals surface area contributed by atoms with Crippen LogP contribution in [0.15, 0.2) is 42.5 Å². The van der Waals surface area contributed by atoms with E-state index in [1.807, 2.05) is 12.1 Å². The highest BCUT2D eigenvalue weighted by Crippen LogP contribution is 2.28. The number of hydrogen-bond acceptors (Lipinski definition) is 14. The molecule has 1 aliphatic rings. The Labute approximate surface area is 423 Å². The van der Waals surface area contributed by atoms with Crippen LogP contribution in [-0.2, 0) is 46.2 Å². The fourth-order valence-corrected chi connectivity index (χ4v) is 7.20. The van der Waals surface area contributed by atoms with Crippen molar-refractivity contribution >= 4 is 42.1 Å². The molecule has 1 heterocycles. The van der Waals surface area contributed by atoms with E-state index in [1.165, 1.54) is 6.07 Å². The predicted molar refractivity (Wildman–Crippen MR) is 270 cm³/mol. The molecule has 21 nitrogen and oxygen atoms in total. The molecule has 402 valence electrons. The molecule has 7 amide bonds. The number of aliphatic hydroxyl groups excluding tert-OH is 1. The summed E-state index contributed by atoms with van der Waals surface area (Å²) in [6, 6.07) is 6.72. The predicted octanol–water partition coefficient (Wildman–Crippen LogP) is 4.59. The average molecular weight is 1010 g/mol.